The van der Waals surface area contributed by atoms with Crippen LogP contribution in [0.1, 0.15) is 13.3 Å². The lowest BCUT2D eigenvalue weighted by atomic mass is 10.2. The molecule has 3 aromatic rings. The highest BCUT2D eigenvalue weighted by Gasteiger charge is 2.12. The second-order valence-electron chi connectivity index (χ2n) is 6.11. The van der Waals surface area contributed by atoms with E-state index in [1.807, 2.05) is 31.2 Å². The molecule has 3 rings (SSSR count). The van der Waals surface area contributed by atoms with E-state index >= 15 is 0 Å². The van der Waals surface area contributed by atoms with Crippen LogP contribution in [0.15, 0.2) is 36.4 Å². The number of anilines is 2. The van der Waals surface area contributed by atoms with E-state index in [0.717, 1.165) is 11.3 Å². The van der Waals surface area contributed by atoms with Crippen LogP contribution in [0.2, 0.25) is 10.0 Å². The van der Waals surface area contributed by atoms with E-state index in [1.165, 1.54) is 0 Å². The maximum absolute atomic E-state index is 12.4. The molecule has 10 heteroatoms. The van der Waals surface area contributed by atoms with E-state index in [0.29, 0.717) is 29.4 Å². The molecular weight excluding hydrogens is 433 g/mol. The number of rotatable bonds is 7. The van der Waals surface area contributed by atoms with Crippen LogP contribution in [0.25, 0.3) is 11.4 Å². The number of ether oxygens (including phenoxy) is 1. The minimum absolute atomic E-state index is 0.178. The molecule has 0 saturated carbocycles. The maximum atomic E-state index is 12.4. The van der Waals surface area contributed by atoms with Crippen LogP contribution < -0.4 is 15.8 Å². The zero-order valence-corrected chi connectivity index (χ0v) is 17.9. The van der Waals surface area contributed by atoms with Crippen LogP contribution in [0.4, 0.5) is 11.4 Å². The SMILES string of the molecule is CCOc1ccc(-c2n[nH]c(=S)n2CCC(=O)Nc2cc(Cl)c(N)c(Cl)c2)cc1. The van der Waals surface area contributed by atoms with Crippen molar-refractivity contribution in [2.75, 3.05) is 17.7 Å². The average molecular weight is 452 g/mol. The lowest BCUT2D eigenvalue weighted by Gasteiger charge is -2.10. The van der Waals surface area contributed by atoms with Gasteiger partial charge in [-0.1, -0.05) is 23.2 Å². The number of carbonyl (C=O) groups is 1. The minimum Gasteiger partial charge on any atom is -0.494 e. The zero-order chi connectivity index (χ0) is 21.0. The number of nitrogens with one attached hydrogen (secondary N) is 2. The molecule has 0 aliphatic heterocycles. The molecule has 0 atom stereocenters. The van der Waals surface area contributed by atoms with Gasteiger partial charge in [0.15, 0.2) is 10.6 Å². The van der Waals surface area contributed by atoms with Gasteiger partial charge in [-0.05, 0) is 55.5 Å². The maximum Gasteiger partial charge on any atom is 0.226 e. The molecule has 0 bridgehead atoms. The number of nitrogens with zero attached hydrogens (tertiary/aromatic N) is 2. The quantitative estimate of drug-likeness (QED) is 0.349. The minimum atomic E-state index is -0.220. The van der Waals surface area contributed by atoms with Gasteiger partial charge in [-0.3, -0.25) is 14.5 Å². The first-order valence-corrected chi connectivity index (χ1v) is 9.98. The number of H-pyrrole nitrogens is 1. The lowest BCUT2D eigenvalue weighted by molar-refractivity contribution is -0.116. The molecule has 0 aliphatic rings. The van der Waals surface area contributed by atoms with Gasteiger partial charge in [0.25, 0.3) is 0 Å². The van der Waals surface area contributed by atoms with Crippen molar-refractivity contribution in [2.24, 2.45) is 0 Å². The highest BCUT2D eigenvalue weighted by molar-refractivity contribution is 7.71. The van der Waals surface area contributed by atoms with Crippen LogP contribution >= 0.6 is 35.4 Å². The molecule has 29 heavy (non-hydrogen) atoms. The summed E-state index contributed by atoms with van der Waals surface area (Å²) in [6.45, 7) is 2.87. The third-order valence-corrected chi connectivity index (χ3v) is 5.04. The molecule has 1 heterocycles. The number of nitrogens with two attached hydrogens (primary N) is 1. The number of halogens is 2. The van der Waals surface area contributed by atoms with Crippen molar-refractivity contribution in [3.63, 3.8) is 0 Å². The fraction of sp³-hybridized carbons (Fsp3) is 0.211. The van der Waals surface area contributed by atoms with Gasteiger partial charge < -0.3 is 15.8 Å². The van der Waals surface area contributed by atoms with Gasteiger partial charge in [0, 0.05) is 24.2 Å². The summed E-state index contributed by atoms with van der Waals surface area (Å²) in [7, 11) is 0. The Hall–Kier alpha value is -2.55. The molecule has 2 aromatic carbocycles. The molecule has 4 N–H and O–H groups in total. The molecule has 0 spiro atoms. The van der Waals surface area contributed by atoms with E-state index in [4.69, 9.17) is 45.9 Å². The summed E-state index contributed by atoms with van der Waals surface area (Å²) in [6, 6.07) is 10.6. The second-order valence-corrected chi connectivity index (χ2v) is 7.31. The Morgan fingerprint density at radius 3 is 2.55 bits per heavy atom. The number of aromatic nitrogens is 3. The van der Waals surface area contributed by atoms with Gasteiger partial charge in [-0.25, -0.2) is 0 Å². The average Bonchev–Trinajstić information content (AvgIpc) is 3.06. The molecule has 0 radical (unpaired) electrons. The van der Waals surface area contributed by atoms with Crippen LogP contribution in [0, 0.1) is 4.77 Å². The Labute approximate surface area is 182 Å². The van der Waals surface area contributed by atoms with E-state index < -0.39 is 0 Å². The number of hydrogen-bond donors (Lipinski definition) is 3. The van der Waals surface area contributed by atoms with Gasteiger partial charge in [0.05, 0.1) is 22.3 Å². The van der Waals surface area contributed by atoms with Crippen LogP contribution in [0.3, 0.4) is 0 Å². The highest BCUT2D eigenvalue weighted by atomic mass is 35.5. The summed E-state index contributed by atoms with van der Waals surface area (Å²) in [6.07, 6.45) is 0.178. The molecule has 0 aliphatic carbocycles. The smallest absolute Gasteiger partial charge is 0.226 e. The van der Waals surface area contributed by atoms with Crippen molar-refractivity contribution in [1.29, 1.82) is 0 Å². The molecular formula is C19H19Cl2N5O2S. The van der Waals surface area contributed by atoms with Crippen molar-refractivity contribution < 1.29 is 9.53 Å². The Morgan fingerprint density at radius 1 is 1.28 bits per heavy atom. The zero-order valence-electron chi connectivity index (χ0n) is 15.5. The van der Waals surface area contributed by atoms with Crippen molar-refractivity contribution >= 4 is 52.7 Å². The number of amides is 1. The van der Waals surface area contributed by atoms with Crippen LogP contribution in [-0.2, 0) is 11.3 Å². The van der Waals surface area contributed by atoms with E-state index in [9.17, 15) is 4.79 Å². The van der Waals surface area contributed by atoms with E-state index in [1.54, 1.807) is 16.7 Å². The molecule has 1 aromatic heterocycles. The Kier molecular flexibility index (Phi) is 6.79. The fourth-order valence-corrected chi connectivity index (χ4v) is 3.42. The van der Waals surface area contributed by atoms with Crippen molar-refractivity contribution in [2.45, 2.75) is 19.9 Å². The largest absolute Gasteiger partial charge is 0.494 e. The predicted octanol–water partition coefficient (Wildman–Crippen LogP) is 4.92. The number of benzene rings is 2. The monoisotopic (exact) mass is 451 g/mol. The molecule has 0 unspecified atom stereocenters. The first-order chi connectivity index (χ1) is 13.9. The third kappa shape index (κ3) is 5.09. The number of aromatic amines is 1. The first-order valence-electron chi connectivity index (χ1n) is 8.82. The van der Waals surface area contributed by atoms with Crippen molar-refractivity contribution in [3.05, 3.63) is 51.2 Å². The fourth-order valence-electron chi connectivity index (χ4n) is 2.71. The summed E-state index contributed by atoms with van der Waals surface area (Å²) in [5, 5.41) is 10.4. The summed E-state index contributed by atoms with van der Waals surface area (Å²) in [5.41, 5.74) is 7.32. The summed E-state index contributed by atoms with van der Waals surface area (Å²) in [4.78, 5) is 12.4. The van der Waals surface area contributed by atoms with Crippen LogP contribution in [0.5, 0.6) is 5.75 Å². The second kappa shape index (κ2) is 9.30. The van der Waals surface area contributed by atoms with Gasteiger partial charge in [0.1, 0.15) is 5.75 Å². The molecule has 0 saturated heterocycles. The standard InChI is InChI=1S/C19H19Cl2N5O2S/c1-2-28-13-5-3-11(4-6-13)18-24-25-19(29)26(18)8-7-16(27)23-12-9-14(20)17(22)15(21)10-12/h3-6,9-10H,2,7-8,22H2,1H3,(H,23,27)(H,25,29). The summed E-state index contributed by atoms with van der Waals surface area (Å²) < 4.78 is 7.66. The summed E-state index contributed by atoms with van der Waals surface area (Å²) >= 11 is 17.3. The Bertz CT molecular complexity index is 1060. The number of hydrogen-bond acceptors (Lipinski definition) is 5. The van der Waals surface area contributed by atoms with Crippen LogP contribution in [-0.4, -0.2) is 27.3 Å². The highest BCUT2D eigenvalue weighted by Crippen LogP contribution is 2.31. The Balaban J connectivity index is 1.70. The molecule has 1 amide bonds. The third-order valence-electron chi connectivity index (χ3n) is 4.11. The predicted molar refractivity (Wildman–Crippen MR) is 118 cm³/mol. The van der Waals surface area contributed by atoms with E-state index in [-0.39, 0.29) is 28.1 Å². The Morgan fingerprint density at radius 2 is 1.93 bits per heavy atom. The number of nitrogen functional groups attached to an aromatic ring is 1. The molecule has 152 valence electrons. The summed E-state index contributed by atoms with van der Waals surface area (Å²) in [5.74, 6) is 1.20. The lowest BCUT2D eigenvalue weighted by Crippen LogP contribution is -2.15. The van der Waals surface area contributed by atoms with Crippen molar-refractivity contribution in [3.8, 4) is 17.1 Å². The van der Waals surface area contributed by atoms with E-state index in [2.05, 4.69) is 15.5 Å². The van der Waals surface area contributed by atoms with Gasteiger partial charge in [-0.15, -0.1) is 0 Å². The van der Waals surface area contributed by atoms with Crippen molar-refractivity contribution in [1.82, 2.24) is 14.8 Å². The number of carbonyl (C=O) groups excluding carboxylic acids is 1. The molecule has 0 fully saturated rings. The first kappa shape index (κ1) is 21.2. The molecule has 7 nitrogen and oxygen atoms in total. The van der Waals surface area contributed by atoms with Gasteiger partial charge in [0.2, 0.25) is 5.91 Å². The van der Waals surface area contributed by atoms with Gasteiger partial charge >= 0.3 is 0 Å². The van der Waals surface area contributed by atoms with Gasteiger partial charge in [-0.2, -0.15) is 5.10 Å². The topological polar surface area (TPSA) is 98.0 Å². The normalized spacial score (nSPS) is 10.7.